The summed E-state index contributed by atoms with van der Waals surface area (Å²) < 4.78 is 25.0. The van der Waals surface area contributed by atoms with Crippen molar-refractivity contribution in [2.45, 2.75) is 18.6 Å². The van der Waals surface area contributed by atoms with E-state index in [9.17, 15) is 8.42 Å². The summed E-state index contributed by atoms with van der Waals surface area (Å²) in [6, 6.07) is 1.67. The van der Waals surface area contributed by atoms with Crippen molar-refractivity contribution in [3.63, 3.8) is 0 Å². The van der Waals surface area contributed by atoms with Gasteiger partial charge in [0.15, 0.2) is 5.25 Å². The molecule has 15 heavy (non-hydrogen) atoms. The van der Waals surface area contributed by atoms with Crippen LogP contribution in [0.5, 0.6) is 0 Å². The van der Waals surface area contributed by atoms with E-state index in [1.165, 1.54) is 6.92 Å². The number of nitrogens with zero attached hydrogens (tertiary/aromatic N) is 2. The molecule has 0 aliphatic rings. The second-order valence-electron chi connectivity index (χ2n) is 3.00. The maximum atomic E-state index is 11.3. The van der Waals surface area contributed by atoms with E-state index in [2.05, 4.69) is 14.7 Å². The van der Waals surface area contributed by atoms with Gasteiger partial charge in [0, 0.05) is 25.4 Å². The summed E-state index contributed by atoms with van der Waals surface area (Å²) in [7, 11) is -3.52. The quantitative estimate of drug-likeness (QED) is 0.728. The van der Waals surface area contributed by atoms with Crippen LogP contribution in [0.25, 0.3) is 0 Å². The molecule has 0 aromatic carbocycles. The van der Waals surface area contributed by atoms with E-state index in [-0.39, 0.29) is 6.54 Å². The molecule has 6 nitrogen and oxygen atoms in total. The Morgan fingerprint density at radius 3 is 3.00 bits per heavy atom. The highest BCUT2D eigenvalue weighted by atomic mass is 32.2. The number of nitriles is 1. The number of nitrogens with one attached hydrogen (secondary N) is 2. The van der Waals surface area contributed by atoms with E-state index in [1.807, 2.05) is 0 Å². The van der Waals surface area contributed by atoms with Crippen LogP contribution < -0.4 is 4.72 Å². The van der Waals surface area contributed by atoms with Gasteiger partial charge in [0.25, 0.3) is 0 Å². The Labute approximate surface area is 88.4 Å². The molecule has 1 atom stereocenters. The molecule has 1 aromatic rings. The average molecular weight is 228 g/mol. The number of H-pyrrole nitrogens is 1. The van der Waals surface area contributed by atoms with Crippen molar-refractivity contribution in [2.75, 3.05) is 6.54 Å². The van der Waals surface area contributed by atoms with E-state index >= 15 is 0 Å². The summed E-state index contributed by atoms with van der Waals surface area (Å²) >= 11 is 0. The average Bonchev–Trinajstić information content (AvgIpc) is 2.69. The molecule has 82 valence electrons. The SMILES string of the molecule is CC(C#N)S(=O)(=O)NCCc1ncc[nH]1. The highest BCUT2D eigenvalue weighted by Gasteiger charge is 2.18. The molecular weight excluding hydrogens is 216 g/mol. The first-order valence-electron chi connectivity index (χ1n) is 4.42. The monoisotopic (exact) mass is 228 g/mol. The molecule has 1 rings (SSSR count). The summed E-state index contributed by atoms with van der Waals surface area (Å²) in [4.78, 5) is 6.80. The summed E-state index contributed by atoms with van der Waals surface area (Å²) in [6.07, 6.45) is 3.74. The lowest BCUT2D eigenvalue weighted by atomic mass is 10.4. The Bertz CT molecular complexity index is 432. The number of rotatable bonds is 5. The normalized spacial score (nSPS) is 13.3. The maximum Gasteiger partial charge on any atom is 0.227 e. The fraction of sp³-hybridized carbons (Fsp3) is 0.500. The minimum Gasteiger partial charge on any atom is -0.349 e. The number of hydrogen-bond acceptors (Lipinski definition) is 4. The van der Waals surface area contributed by atoms with Crippen LogP contribution in [0.2, 0.25) is 0 Å². The topological polar surface area (TPSA) is 98.6 Å². The van der Waals surface area contributed by atoms with Crippen LogP contribution in [0.4, 0.5) is 0 Å². The fourth-order valence-corrected chi connectivity index (χ4v) is 1.72. The van der Waals surface area contributed by atoms with Crippen molar-refractivity contribution in [2.24, 2.45) is 0 Å². The van der Waals surface area contributed by atoms with E-state index in [1.54, 1.807) is 18.5 Å². The van der Waals surface area contributed by atoms with Gasteiger partial charge in [0.2, 0.25) is 10.0 Å². The second-order valence-corrected chi connectivity index (χ2v) is 5.08. The van der Waals surface area contributed by atoms with Gasteiger partial charge in [-0.15, -0.1) is 0 Å². The Kier molecular flexibility index (Phi) is 3.82. The Hall–Kier alpha value is -1.39. The van der Waals surface area contributed by atoms with Crippen LogP contribution in [0, 0.1) is 11.3 Å². The lowest BCUT2D eigenvalue weighted by Gasteiger charge is -2.06. The molecule has 0 bridgehead atoms. The third kappa shape index (κ3) is 3.34. The maximum absolute atomic E-state index is 11.3. The van der Waals surface area contributed by atoms with Crippen molar-refractivity contribution in [1.29, 1.82) is 5.26 Å². The molecule has 1 aromatic heterocycles. The van der Waals surface area contributed by atoms with Crippen molar-refractivity contribution < 1.29 is 8.42 Å². The van der Waals surface area contributed by atoms with Crippen molar-refractivity contribution in [1.82, 2.24) is 14.7 Å². The largest absolute Gasteiger partial charge is 0.349 e. The van der Waals surface area contributed by atoms with Crippen LogP contribution in [-0.4, -0.2) is 30.2 Å². The van der Waals surface area contributed by atoms with Gasteiger partial charge in [-0.05, 0) is 6.92 Å². The van der Waals surface area contributed by atoms with Gasteiger partial charge in [-0.1, -0.05) is 0 Å². The van der Waals surface area contributed by atoms with Crippen molar-refractivity contribution in [3.05, 3.63) is 18.2 Å². The number of aromatic amines is 1. The Balaban J connectivity index is 2.42. The lowest BCUT2D eigenvalue weighted by Crippen LogP contribution is -2.33. The van der Waals surface area contributed by atoms with Gasteiger partial charge in [-0.3, -0.25) is 0 Å². The molecule has 1 heterocycles. The molecule has 0 radical (unpaired) electrons. The molecule has 7 heteroatoms. The summed E-state index contributed by atoms with van der Waals surface area (Å²) in [5, 5.41) is 7.43. The minimum atomic E-state index is -3.52. The first kappa shape index (κ1) is 11.7. The van der Waals surface area contributed by atoms with Crippen LogP contribution in [-0.2, 0) is 16.4 Å². The van der Waals surface area contributed by atoms with E-state index in [0.29, 0.717) is 12.2 Å². The first-order valence-corrected chi connectivity index (χ1v) is 5.97. The van der Waals surface area contributed by atoms with Crippen LogP contribution >= 0.6 is 0 Å². The lowest BCUT2D eigenvalue weighted by molar-refractivity contribution is 0.576. The van der Waals surface area contributed by atoms with Crippen LogP contribution in [0.3, 0.4) is 0 Å². The van der Waals surface area contributed by atoms with Gasteiger partial charge >= 0.3 is 0 Å². The third-order valence-electron chi connectivity index (χ3n) is 1.87. The zero-order chi connectivity index (χ0) is 11.3. The highest BCUT2D eigenvalue weighted by molar-refractivity contribution is 7.90. The summed E-state index contributed by atoms with van der Waals surface area (Å²) in [5.74, 6) is 0.710. The van der Waals surface area contributed by atoms with E-state index in [0.717, 1.165) is 0 Å². The van der Waals surface area contributed by atoms with E-state index in [4.69, 9.17) is 5.26 Å². The molecule has 2 N–H and O–H groups in total. The molecule has 0 aliphatic carbocycles. The second kappa shape index (κ2) is 4.91. The van der Waals surface area contributed by atoms with Crippen molar-refractivity contribution in [3.8, 4) is 6.07 Å². The third-order valence-corrected chi connectivity index (χ3v) is 3.51. The van der Waals surface area contributed by atoms with Gasteiger partial charge in [0.1, 0.15) is 5.82 Å². The minimum absolute atomic E-state index is 0.238. The van der Waals surface area contributed by atoms with Gasteiger partial charge < -0.3 is 4.98 Å². The van der Waals surface area contributed by atoms with Crippen LogP contribution in [0.1, 0.15) is 12.7 Å². The first-order chi connectivity index (χ1) is 7.06. The Morgan fingerprint density at radius 1 is 1.73 bits per heavy atom. The fourth-order valence-electron chi connectivity index (χ4n) is 0.941. The molecule has 0 saturated heterocycles. The molecule has 1 unspecified atom stereocenters. The predicted molar refractivity (Wildman–Crippen MR) is 54.3 cm³/mol. The van der Waals surface area contributed by atoms with Crippen LogP contribution in [0.15, 0.2) is 12.4 Å². The summed E-state index contributed by atoms with van der Waals surface area (Å²) in [6.45, 7) is 1.58. The molecule has 0 aliphatic heterocycles. The van der Waals surface area contributed by atoms with Gasteiger partial charge in [-0.2, -0.15) is 5.26 Å². The Morgan fingerprint density at radius 2 is 2.47 bits per heavy atom. The van der Waals surface area contributed by atoms with E-state index < -0.39 is 15.3 Å². The number of imidazole rings is 1. The standard InChI is InChI=1S/C8H12N4O2S/c1-7(6-9)15(13,14)12-3-2-8-10-4-5-11-8/h4-5,7,12H,2-3H2,1H3,(H,10,11). The molecule has 0 amide bonds. The number of sulfonamides is 1. The molecule has 0 spiro atoms. The van der Waals surface area contributed by atoms with Gasteiger partial charge in [-0.25, -0.2) is 18.1 Å². The highest BCUT2D eigenvalue weighted by Crippen LogP contribution is 1.96. The molecule has 0 saturated carbocycles. The summed E-state index contributed by atoms with van der Waals surface area (Å²) in [5.41, 5.74) is 0. The number of aromatic nitrogens is 2. The predicted octanol–water partition coefficient (Wildman–Crippen LogP) is -0.216. The van der Waals surface area contributed by atoms with Gasteiger partial charge in [0.05, 0.1) is 6.07 Å². The smallest absolute Gasteiger partial charge is 0.227 e. The molecule has 0 fully saturated rings. The molecular formula is C8H12N4O2S. The zero-order valence-electron chi connectivity index (χ0n) is 8.27. The van der Waals surface area contributed by atoms with Crippen molar-refractivity contribution >= 4 is 10.0 Å². The number of hydrogen-bond donors (Lipinski definition) is 2. The zero-order valence-corrected chi connectivity index (χ0v) is 9.08.